The van der Waals surface area contributed by atoms with E-state index in [1.165, 1.54) is 0 Å². The Morgan fingerprint density at radius 1 is 1.14 bits per heavy atom. The number of rotatable bonds is 7. The van der Waals surface area contributed by atoms with Crippen molar-refractivity contribution in [3.05, 3.63) is 29.3 Å². The molecule has 4 nitrogen and oxygen atoms in total. The van der Waals surface area contributed by atoms with Crippen LogP contribution in [0.4, 0.5) is 0 Å². The Bertz CT molecular complexity index is 446. The molecular formula is C18H31N3O. The van der Waals surface area contributed by atoms with Crippen molar-refractivity contribution in [2.24, 2.45) is 5.73 Å². The molecular weight excluding hydrogens is 274 g/mol. The minimum Gasteiger partial charge on any atom is -0.507 e. The van der Waals surface area contributed by atoms with Gasteiger partial charge >= 0.3 is 0 Å². The summed E-state index contributed by atoms with van der Waals surface area (Å²) in [4.78, 5) is 0. The van der Waals surface area contributed by atoms with Gasteiger partial charge in [0.1, 0.15) is 11.8 Å². The van der Waals surface area contributed by atoms with Crippen LogP contribution >= 0.6 is 0 Å². The van der Waals surface area contributed by atoms with Gasteiger partial charge in [0.25, 0.3) is 0 Å². The van der Waals surface area contributed by atoms with Crippen molar-refractivity contribution in [1.82, 2.24) is 5.32 Å². The second-order valence-corrected chi connectivity index (χ2v) is 5.43. The Morgan fingerprint density at radius 2 is 1.73 bits per heavy atom. The minimum absolute atomic E-state index is 0.0614. The van der Waals surface area contributed by atoms with Crippen molar-refractivity contribution >= 4 is 0 Å². The number of nitrogens with one attached hydrogen (secondary N) is 1. The molecule has 1 aromatic carbocycles. The number of hydrogen-bond acceptors (Lipinski definition) is 4. The molecule has 0 aliphatic carbocycles. The Kier molecular flexibility index (Phi) is 11.2. The molecule has 0 aromatic heterocycles. The summed E-state index contributed by atoms with van der Waals surface area (Å²) in [6.07, 6.45) is 4.41. The molecule has 0 aliphatic heterocycles. The smallest absolute Gasteiger partial charge is 0.133 e. The Labute approximate surface area is 135 Å². The van der Waals surface area contributed by atoms with Gasteiger partial charge in [-0.05, 0) is 43.4 Å². The summed E-state index contributed by atoms with van der Waals surface area (Å²) >= 11 is 0. The van der Waals surface area contributed by atoms with Crippen molar-refractivity contribution < 1.29 is 5.11 Å². The average molecular weight is 305 g/mol. The van der Waals surface area contributed by atoms with Crippen LogP contribution in [0.1, 0.15) is 64.5 Å². The first-order valence-corrected chi connectivity index (χ1v) is 8.23. The van der Waals surface area contributed by atoms with E-state index in [1.807, 2.05) is 12.1 Å². The molecule has 1 aromatic rings. The summed E-state index contributed by atoms with van der Waals surface area (Å²) in [7, 11) is 0. The van der Waals surface area contributed by atoms with Gasteiger partial charge in [0.15, 0.2) is 0 Å². The third-order valence-electron chi connectivity index (χ3n) is 3.81. The van der Waals surface area contributed by atoms with Crippen LogP contribution in [0.5, 0.6) is 5.75 Å². The average Bonchev–Trinajstić information content (AvgIpc) is 2.55. The maximum Gasteiger partial charge on any atom is 0.133 e. The molecule has 0 aliphatic rings. The van der Waals surface area contributed by atoms with Crippen molar-refractivity contribution in [2.75, 3.05) is 0 Å². The van der Waals surface area contributed by atoms with Crippen LogP contribution in [0.2, 0.25) is 0 Å². The maximum atomic E-state index is 9.52. The zero-order valence-electron chi connectivity index (χ0n) is 14.4. The second kappa shape index (κ2) is 12.0. The van der Waals surface area contributed by atoms with Crippen LogP contribution in [-0.2, 0) is 6.54 Å². The molecule has 0 radical (unpaired) electrons. The molecule has 0 spiro atoms. The van der Waals surface area contributed by atoms with Gasteiger partial charge < -0.3 is 16.2 Å². The van der Waals surface area contributed by atoms with Crippen molar-refractivity contribution in [1.29, 1.82) is 5.26 Å². The molecule has 22 heavy (non-hydrogen) atoms. The molecule has 1 rings (SSSR count). The highest BCUT2D eigenvalue weighted by atomic mass is 16.3. The van der Waals surface area contributed by atoms with Crippen LogP contribution in [0, 0.1) is 11.3 Å². The van der Waals surface area contributed by atoms with E-state index < -0.39 is 0 Å². The largest absolute Gasteiger partial charge is 0.507 e. The highest BCUT2D eigenvalue weighted by Gasteiger charge is 2.04. The lowest BCUT2D eigenvalue weighted by atomic mass is 10.1. The first kappa shape index (κ1) is 20.4. The number of nitriles is 1. The van der Waals surface area contributed by atoms with Crippen LogP contribution in [-0.4, -0.2) is 17.2 Å². The van der Waals surface area contributed by atoms with Crippen LogP contribution in [0.25, 0.3) is 0 Å². The summed E-state index contributed by atoms with van der Waals surface area (Å²) in [5.41, 5.74) is 6.80. The predicted molar refractivity (Wildman–Crippen MR) is 92.6 cm³/mol. The van der Waals surface area contributed by atoms with E-state index in [1.54, 1.807) is 12.1 Å². The number of benzene rings is 1. The summed E-state index contributed by atoms with van der Waals surface area (Å²) in [5, 5.41) is 21.6. The van der Waals surface area contributed by atoms with E-state index in [0.717, 1.165) is 37.8 Å². The number of nitrogens with zero attached hydrogens (tertiary/aromatic N) is 1. The molecule has 0 saturated heterocycles. The standard InChI is InChI=1S/C13H18N2O.C5H13N/c1-3-12(4-2)15-9-10-5-6-11(8-14)13(16)7-10;1-3-5(6)4-2/h5-7,12,15-16H,3-4,9H2,1-2H3;5H,3-4,6H2,1-2H3. The lowest BCUT2D eigenvalue weighted by Gasteiger charge is -2.14. The Balaban J connectivity index is 0.000000626. The van der Waals surface area contributed by atoms with E-state index in [-0.39, 0.29) is 5.75 Å². The lowest BCUT2D eigenvalue weighted by molar-refractivity contribution is 0.467. The molecule has 0 saturated carbocycles. The zero-order chi connectivity index (χ0) is 17.0. The van der Waals surface area contributed by atoms with Crippen molar-refractivity contribution in [2.45, 2.75) is 72.0 Å². The van der Waals surface area contributed by atoms with E-state index in [9.17, 15) is 5.11 Å². The molecule has 0 unspecified atom stereocenters. The van der Waals surface area contributed by atoms with E-state index in [0.29, 0.717) is 17.6 Å². The van der Waals surface area contributed by atoms with Crippen LogP contribution < -0.4 is 11.1 Å². The number of aromatic hydroxyl groups is 1. The van der Waals surface area contributed by atoms with Gasteiger partial charge in [0.2, 0.25) is 0 Å². The molecule has 124 valence electrons. The second-order valence-electron chi connectivity index (χ2n) is 5.43. The normalized spacial score (nSPS) is 10.3. The predicted octanol–water partition coefficient (Wildman–Crippen LogP) is 3.68. The van der Waals surface area contributed by atoms with Gasteiger partial charge in [-0.15, -0.1) is 0 Å². The van der Waals surface area contributed by atoms with Gasteiger partial charge in [0.05, 0.1) is 5.56 Å². The van der Waals surface area contributed by atoms with Crippen LogP contribution in [0.3, 0.4) is 0 Å². The molecule has 0 bridgehead atoms. The monoisotopic (exact) mass is 305 g/mol. The number of nitrogens with two attached hydrogens (primary N) is 1. The Morgan fingerprint density at radius 3 is 2.09 bits per heavy atom. The molecule has 0 heterocycles. The fraction of sp³-hybridized carbons (Fsp3) is 0.611. The molecule has 0 atom stereocenters. The number of phenols is 1. The fourth-order valence-corrected chi connectivity index (χ4v) is 1.91. The maximum absolute atomic E-state index is 9.52. The van der Waals surface area contributed by atoms with Gasteiger partial charge in [-0.1, -0.05) is 33.8 Å². The van der Waals surface area contributed by atoms with Crippen LogP contribution in [0.15, 0.2) is 18.2 Å². The van der Waals surface area contributed by atoms with E-state index in [2.05, 4.69) is 33.0 Å². The summed E-state index contributed by atoms with van der Waals surface area (Å²) in [6, 6.07) is 8.05. The Hall–Kier alpha value is -1.57. The third kappa shape index (κ3) is 8.02. The number of phenolic OH excluding ortho intramolecular Hbond substituents is 1. The summed E-state index contributed by atoms with van der Waals surface area (Å²) in [5.74, 6) is 0.0614. The van der Waals surface area contributed by atoms with Crippen molar-refractivity contribution in [3.8, 4) is 11.8 Å². The van der Waals surface area contributed by atoms with Crippen molar-refractivity contribution in [3.63, 3.8) is 0 Å². The van der Waals surface area contributed by atoms with E-state index >= 15 is 0 Å². The lowest BCUT2D eigenvalue weighted by Crippen LogP contribution is -2.26. The topological polar surface area (TPSA) is 82.1 Å². The quantitative estimate of drug-likeness (QED) is 0.717. The SMILES string of the molecule is CCC(CC)NCc1ccc(C#N)c(O)c1.CCC(N)CC. The first-order valence-electron chi connectivity index (χ1n) is 8.23. The molecule has 4 N–H and O–H groups in total. The summed E-state index contributed by atoms with van der Waals surface area (Å²) in [6.45, 7) is 9.24. The van der Waals surface area contributed by atoms with Gasteiger partial charge in [-0.25, -0.2) is 0 Å². The molecule has 0 amide bonds. The summed E-state index contributed by atoms with van der Waals surface area (Å²) < 4.78 is 0. The highest BCUT2D eigenvalue weighted by Crippen LogP contribution is 2.17. The third-order valence-corrected chi connectivity index (χ3v) is 3.81. The number of hydrogen-bond donors (Lipinski definition) is 3. The molecule has 0 fully saturated rings. The zero-order valence-corrected chi connectivity index (χ0v) is 14.4. The minimum atomic E-state index is 0.0614. The van der Waals surface area contributed by atoms with E-state index in [4.69, 9.17) is 11.0 Å². The van der Waals surface area contributed by atoms with Gasteiger partial charge in [-0.2, -0.15) is 5.26 Å². The highest BCUT2D eigenvalue weighted by molar-refractivity contribution is 5.44. The van der Waals surface area contributed by atoms with Gasteiger partial charge in [-0.3, -0.25) is 0 Å². The van der Waals surface area contributed by atoms with Gasteiger partial charge in [0, 0.05) is 18.6 Å². The fourth-order valence-electron chi connectivity index (χ4n) is 1.91. The molecule has 4 heteroatoms. The first-order chi connectivity index (χ1) is 10.5.